The molecule has 172 valence electrons. The number of rotatable bonds is 7. The average molecular weight is 441 g/mol. The normalized spacial score (nSPS) is 15.1. The number of carbonyl (C=O) groups excluding carboxylic acids is 2. The Morgan fingerprint density at radius 1 is 1.16 bits per heavy atom. The van der Waals surface area contributed by atoms with Gasteiger partial charge in [0.2, 0.25) is 11.8 Å². The molecule has 0 spiro atoms. The molecule has 2 aromatic rings. The Hall–Kier alpha value is -3.22. The molecule has 1 N–H and O–H groups in total. The van der Waals surface area contributed by atoms with Gasteiger partial charge in [-0.05, 0) is 55.0 Å². The van der Waals surface area contributed by atoms with Gasteiger partial charge in [-0.2, -0.15) is 0 Å². The van der Waals surface area contributed by atoms with E-state index in [4.69, 9.17) is 14.6 Å². The number of carbonyl (C=O) groups is 2. The van der Waals surface area contributed by atoms with Gasteiger partial charge in [-0.3, -0.25) is 9.59 Å². The summed E-state index contributed by atoms with van der Waals surface area (Å²) in [5, 5.41) is 8.96. The zero-order valence-corrected chi connectivity index (χ0v) is 19.0. The maximum atomic E-state index is 11.8. The zero-order valence-electron chi connectivity index (χ0n) is 19.0. The van der Waals surface area contributed by atoms with E-state index in [1.165, 1.54) is 25.3 Å². The van der Waals surface area contributed by atoms with Gasteiger partial charge in [0.15, 0.2) is 11.5 Å². The van der Waals surface area contributed by atoms with Crippen LogP contribution in [0.1, 0.15) is 44.1 Å². The number of benzene rings is 2. The molecule has 1 heterocycles. The summed E-state index contributed by atoms with van der Waals surface area (Å²) < 4.78 is 11.0. The summed E-state index contributed by atoms with van der Waals surface area (Å²) in [4.78, 5) is 26.3. The van der Waals surface area contributed by atoms with Gasteiger partial charge in [0.25, 0.3) is 0 Å². The minimum Gasteiger partial charge on any atom is -0.508 e. The fraction of sp³-hybridized carbons (Fsp3) is 0.440. The van der Waals surface area contributed by atoms with Crippen LogP contribution in [0.3, 0.4) is 0 Å². The van der Waals surface area contributed by atoms with Crippen LogP contribution in [0.15, 0.2) is 42.5 Å². The van der Waals surface area contributed by atoms with Gasteiger partial charge < -0.3 is 24.4 Å². The topological polar surface area (TPSA) is 79.3 Å². The van der Waals surface area contributed by atoms with E-state index in [-0.39, 0.29) is 11.8 Å². The van der Waals surface area contributed by atoms with Gasteiger partial charge in [0.05, 0.1) is 13.7 Å². The van der Waals surface area contributed by atoms with Crippen LogP contribution in [-0.4, -0.2) is 55.7 Å². The predicted molar refractivity (Wildman–Crippen MR) is 123 cm³/mol. The van der Waals surface area contributed by atoms with E-state index in [9.17, 15) is 9.59 Å². The van der Waals surface area contributed by atoms with Gasteiger partial charge in [0, 0.05) is 38.7 Å². The van der Waals surface area contributed by atoms with E-state index < -0.39 is 0 Å². The third-order valence-electron chi connectivity index (χ3n) is 5.70. The van der Waals surface area contributed by atoms with Crippen molar-refractivity contribution in [2.24, 2.45) is 0 Å². The number of hydrogen-bond acceptors (Lipinski definition) is 5. The molecule has 2 aromatic carbocycles. The maximum Gasteiger partial charge on any atom is 0.227 e. The minimum atomic E-state index is -0.00143. The summed E-state index contributed by atoms with van der Waals surface area (Å²) in [5.74, 6) is 2.49. The van der Waals surface area contributed by atoms with Gasteiger partial charge in [-0.1, -0.05) is 12.1 Å². The lowest BCUT2D eigenvalue weighted by molar-refractivity contribution is -0.127. The van der Waals surface area contributed by atoms with Crippen LogP contribution in [-0.2, 0) is 9.59 Å². The molecule has 0 radical (unpaired) electrons. The van der Waals surface area contributed by atoms with Gasteiger partial charge in [-0.25, -0.2) is 0 Å². The first-order chi connectivity index (χ1) is 15.4. The summed E-state index contributed by atoms with van der Waals surface area (Å²) in [7, 11) is 3.30. The number of phenolic OH excluding ortho intramolecular Hbond substituents is 1. The lowest BCUT2D eigenvalue weighted by Gasteiger charge is -2.19. The number of hydrogen-bond donors (Lipinski definition) is 1. The van der Waals surface area contributed by atoms with Crippen molar-refractivity contribution in [3.8, 4) is 17.2 Å². The molecular formula is C25H32N2O5. The van der Waals surface area contributed by atoms with Gasteiger partial charge in [-0.15, -0.1) is 0 Å². The quantitative estimate of drug-likeness (QED) is 0.705. The number of aromatic hydroxyl groups is 1. The molecule has 4 rings (SSSR count). The van der Waals surface area contributed by atoms with Crippen LogP contribution in [0.5, 0.6) is 17.2 Å². The Labute approximate surface area is 189 Å². The highest BCUT2D eigenvalue weighted by Gasteiger charge is 2.23. The molecule has 2 aliphatic rings. The molecule has 0 atom stereocenters. The van der Waals surface area contributed by atoms with Crippen LogP contribution in [0.25, 0.3) is 0 Å². The molecule has 0 aromatic heterocycles. The monoisotopic (exact) mass is 440 g/mol. The van der Waals surface area contributed by atoms with Crippen molar-refractivity contribution in [2.75, 3.05) is 38.8 Å². The molecule has 7 nitrogen and oxygen atoms in total. The molecule has 1 aliphatic carbocycles. The fourth-order valence-corrected chi connectivity index (χ4v) is 3.48. The number of ether oxygens (including phenoxy) is 2. The first kappa shape index (κ1) is 23.4. The molecule has 7 heteroatoms. The third kappa shape index (κ3) is 6.39. The van der Waals surface area contributed by atoms with Gasteiger partial charge >= 0.3 is 0 Å². The van der Waals surface area contributed by atoms with E-state index in [1.807, 2.05) is 24.3 Å². The Morgan fingerprint density at radius 3 is 2.44 bits per heavy atom. The van der Waals surface area contributed by atoms with E-state index in [2.05, 4.69) is 0 Å². The summed E-state index contributed by atoms with van der Waals surface area (Å²) in [6.45, 7) is 3.15. The van der Waals surface area contributed by atoms with Crippen LogP contribution in [0.2, 0.25) is 0 Å². The first-order valence-electron chi connectivity index (χ1n) is 11.0. The van der Waals surface area contributed by atoms with Crippen molar-refractivity contribution in [3.63, 3.8) is 0 Å². The SMILES string of the molecule is COc1cc(N2CCCC2=O)ccc1OCCN(C)C(C)=O.Oc1ccc(C2CC2)cc1. The lowest BCUT2D eigenvalue weighted by Crippen LogP contribution is -2.28. The van der Waals surface area contributed by atoms with E-state index >= 15 is 0 Å². The van der Waals surface area contributed by atoms with E-state index in [1.54, 1.807) is 42.2 Å². The smallest absolute Gasteiger partial charge is 0.227 e. The van der Waals surface area contributed by atoms with Crippen molar-refractivity contribution in [1.29, 1.82) is 0 Å². The van der Waals surface area contributed by atoms with Crippen molar-refractivity contribution >= 4 is 17.5 Å². The number of phenols is 1. The molecule has 32 heavy (non-hydrogen) atoms. The maximum absolute atomic E-state index is 11.8. The van der Waals surface area contributed by atoms with E-state index in [0.29, 0.717) is 36.8 Å². The molecule has 0 unspecified atom stereocenters. The lowest BCUT2D eigenvalue weighted by atomic mass is 10.1. The molecule has 1 saturated heterocycles. The molecule has 1 aliphatic heterocycles. The fourth-order valence-electron chi connectivity index (χ4n) is 3.48. The van der Waals surface area contributed by atoms with Crippen LogP contribution >= 0.6 is 0 Å². The van der Waals surface area contributed by atoms with Crippen LogP contribution in [0, 0.1) is 0 Å². The van der Waals surface area contributed by atoms with Crippen molar-refractivity contribution < 1.29 is 24.2 Å². The number of nitrogens with zero attached hydrogens (tertiary/aromatic N) is 2. The number of amides is 2. The van der Waals surface area contributed by atoms with Gasteiger partial charge in [0.1, 0.15) is 12.4 Å². The molecule has 2 amide bonds. The molecule has 0 bridgehead atoms. The molecule has 1 saturated carbocycles. The van der Waals surface area contributed by atoms with Crippen molar-refractivity contribution in [3.05, 3.63) is 48.0 Å². The largest absolute Gasteiger partial charge is 0.508 e. The van der Waals surface area contributed by atoms with Crippen molar-refractivity contribution in [2.45, 2.75) is 38.5 Å². The Kier molecular flexibility index (Phi) is 7.98. The zero-order chi connectivity index (χ0) is 23.1. The standard InChI is InChI=1S/C16H22N2O4.C9H10O/c1-12(19)17(2)9-10-22-14-7-6-13(11-15(14)21-3)18-8-4-5-16(18)20;10-9-5-3-8(4-6-9)7-1-2-7/h6-7,11H,4-5,8-10H2,1-3H3;3-7,10H,1-2H2. The highest BCUT2D eigenvalue weighted by Crippen LogP contribution is 2.40. The Bertz CT molecular complexity index is 924. The summed E-state index contributed by atoms with van der Waals surface area (Å²) in [5.41, 5.74) is 2.20. The second-order valence-corrected chi connectivity index (χ2v) is 8.14. The second kappa shape index (κ2) is 10.9. The first-order valence-corrected chi connectivity index (χ1v) is 11.0. The summed E-state index contributed by atoms with van der Waals surface area (Å²) in [6.07, 6.45) is 4.13. The summed E-state index contributed by atoms with van der Waals surface area (Å²) in [6, 6.07) is 13.0. The average Bonchev–Trinajstić information content (AvgIpc) is 3.55. The van der Waals surface area contributed by atoms with Crippen LogP contribution < -0.4 is 14.4 Å². The third-order valence-corrected chi connectivity index (χ3v) is 5.70. The highest BCUT2D eigenvalue weighted by atomic mass is 16.5. The predicted octanol–water partition coefficient (Wildman–Crippen LogP) is 3.95. The van der Waals surface area contributed by atoms with Crippen molar-refractivity contribution in [1.82, 2.24) is 4.90 Å². The summed E-state index contributed by atoms with van der Waals surface area (Å²) >= 11 is 0. The molecular weight excluding hydrogens is 408 g/mol. The molecule has 2 fully saturated rings. The Morgan fingerprint density at radius 2 is 1.88 bits per heavy atom. The minimum absolute atomic E-state index is 0.00143. The van der Waals surface area contributed by atoms with Crippen LogP contribution in [0.4, 0.5) is 5.69 Å². The highest BCUT2D eigenvalue weighted by molar-refractivity contribution is 5.95. The second-order valence-electron chi connectivity index (χ2n) is 8.14. The number of anilines is 1. The van der Waals surface area contributed by atoms with E-state index in [0.717, 1.165) is 24.6 Å². The number of likely N-dealkylation sites (N-methyl/N-ethyl adjacent to an activating group) is 1. The Balaban J connectivity index is 0.000000238. The number of methoxy groups -OCH3 is 1.